The number of rotatable bonds is 4. The van der Waals surface area contributed by atoms with Gasteiger partial charge in [-0.3, -0.25) is 4.79 Å². The van der Waals surface area contributed by atoms with Crippen molar-refractivity contribution in [1.29, 1.82) is 0 Å². The Kier molecular flexibility index (Phi) is 3.26. The molecule has 0 saturated carbocycles. The van der Waals surface area contributed by atoms with Crippen molar-refractivity contribution in [2.45, 2.75) is 5.75 Å². The summed E-state index contributed by atoms with van der Waals surface area (Å²) < 4.78 is 26.0. The fraction of sp³-hybridized carbons (Fsp3) is 0.0714. The molecule has 1 aromatic carbocycles. The summed E-state index contributed by atoms with van der Waals surface area (Å²) in [5.41, 5.74) is 1.45. The third kappa shape index (κ3) is 2.55. The molecule has 0 atom stereocenters. The summed E-state index contributed by atoms with van der Waals surface area (Å²) >= 11 is 0. The minimum Gasteiger partial charge on any atom is -0.296 e. The number of aromatic nitrogens is 3. The molecule has 0 radical (unpaired) electrons. The maximum absolute atomic E-state index is 12.5. The van der Waals surface area contributed by atoms with Crippen LogP contribution in [0.4, 0.5) is 0 Å². The standard InChI is InChI=1S/C14H11N3O3S/c18-9-12-8-15-14-13(16-12)6-7-17(14)21(19,20)10-11-4-2-1-3-5-11/h1-9H,10H2. The lowest BCUT2D eigenvalue weighted by molar-refractivity contribution is 0.111. The van der Waals surface area contributed by atoms with Crippen LogP contribution in [0, 0.1) is 0 Å². The van der Waals surface area contributed by atoms with Crippen LogP contribution in [0.25, 0.3) is 11.2 Å². The topological polar surface area (TPSA) is 81.9 Å². The third-order valence-corrected chi connectivity index (χ3v) is 4.58. The van der Waals surface area contributed by atoms with E-state index in [9.17, 15) is 13.2 Å². The van der Waals surface area contributed by atoms with E-state index in [0.29, 0.717) is 17.4 Å². The van der Waals surface area contributed by atoms with E-state index >= 15 is 0 Å². The third-order valence-electron chi connectivity index (χ3n) is 2.99. The fourth-order valence-corrected chi connectivity index (χ4v) is 3.44. The van der Waals surface area contributed by atoms with E-state index < -0.39 is 10.0 Å². The van der Waals surface area contributed by atoms with Crippen molar-refractivity contribution in [3.8, 4) is 0 Å². The van der Waals surface area contributed by atoms with Gasteiger partial charge in [0, 0.05) is 6.20 Å². The van der Waals surface area contributed by atoms with Crippen molar-refractivity contribution in [2.24, 2.45) is 0 Å². The summed E-state index contributed by atoms with van der Waals surface area (Å²) in [5, 5.41) is 0. The SMILES string of the molecule is O=Cc1cnc2c(ccn2S(=O)(=O)Cc2ccccc2)n1. The van der Waals surface area contributed by atoms with Crippen LogP contribution in [0.5, 0.6) is 0 Å². The number of benzene rings is 1. The molecule has 2 heterocycles. The summed E-state index contributed by atoms with van der Waals surface area (Å²) in [6, 6.07) is 10.4. The number of carbonyl (C=O) groups is 1. The van der Waals surface area contributed by atoms with E-state index in [2.05, 4.69) is 9.97 Å². The number of hydrogen-bond acceptors (Lipinski definition) is 5. The first kappa shape index (κ1) is 13.4. The summed E-state index contributed by atoms with van der Waals surface area (Å²) in [7, 11) is -3.59. The molecule has 7 heteroatoms. The van der Waals surface area contributed by atoms with Gasteiger partial charge < -0.3 is 0 Å². The Morgan fingerprint density at radius 1 is 1.14 bits per heavy atom. The van der Waals surface area contributed by atoms with Gasteiger partial charge in [-0.25, -0.2) is 22.4 Å². The molecule has 3 aromatic rings. The molecule has 0 aliphatic carbocycles. The van der Waals surface area contributed by atoms with E-state index in [4.69, 9.17) is 0 Å². The number of hydrogen-bond donors (Lipinski definition) is 0. The second-order valence-electron chi connectivity index (χ2n) is 4.47. The predicted octanol–water partition coefficient (Wildman–Crippen LogP) is 1.62. The lowest BCUT2D eigenvalue weighted by atomic mass is 10.2. The highest BCUT2D eigenvalue weighted by molar-refractivity contribution is 7.89. The zero-order valence-electron chi connectivity index (χ0n) is 10.9. The molecular formula is C14H11N3O3S. The molecule has 0 spiro atoms. The fourth-order valence-electron chi connectivity index (χ4n) is 2.04. The number of nitrogens with zero attached hydrogens (tertiary/aromatic N) is 3. The highest BCUT2D eigenvalue weighted by Gasteiger charge is 2.18. The van der Waals surface area contributed by atoms with E-state index in [1.54, 1.807) is 24.3 Å². The summed E-state index contributed by atoms with van der Waals surface area (Å²) in [4.78, 5) is 18.7. The van der Waals surface area contributed by atoms with Crippen molar-refractivity contribution < 1.29 is 13.2 Å². The van der Waals surface area contributed by atoms with Crippen LogP contribution in [-0.4, -0.2) is 28.6 Å². The molecule has 3 rings (SSSR count). The minimum atomic E-state index is -3.59. The van der Waals surface area contributed by atoms with Crippen LogP contribution < -0.4 is 0 Å². The van der Waals surface area contributed by atoms with Gasteiger partial charge in [0.05, 0.1) is 11.9 Å². The number of aldehydes is 1. The Labute approximate surface area is 121 Å². The number of fused-ring (bicyclic) bond motifs is 1. The monoisotopic (exact) mass is 301 g/mol. The van der Waals surface area contributed by atoms with Gasteiger partial charge in [-0.15, -0.1) is 0 Å². The van der Waals surface area contributed by atoms with E-state index in [0.717, 1.165) is 3.97 Å². The van der Waals surface area contributed by atoms with E-state index in [-0.39, 0.29) is 17.1 Å². The maximum atomic E-state index is 12.5. The van der Waals surface area contributed by atoms with Gasteiger partial charge in [0.2, 0.25) is 10.0 Å². The minimum absolute atomic E-state index is 0.130. The quantitative estimate of drug-likeness (QED) is 0.684. The van der Waals surface area contributed by atoms with E-state index in [1.807, 2.05) is 6.07 Å². The molecule has 0 amide bonds. The molecule has 21 heavy (non-hydrogen) atoms. The average molecular weight is 301 g/mol. The second kappa shape index (κ2) is 5.10. The highest BCUT2D eigenvalue weighted by atomic mass is 32.2. The molecule has 6 nitrogen and oxygen atoms in total. The van der Waals surface area contributed by atoms with Crippen LogP contribution in [0.3, 0.4) is 0 Å². The summed E-state index contributed by atoms with van der Waals surface area (Å²) in [6.07, 6.45) is 3.23. The van der Waals surface area contributed by atoms with Crippen molar-refractivity contribution in [3.63, 3.8) is 0 Å². The van der Waals surface area contributed by atoms with Crippen LogP contribution in [0.1, 0.15) is 16.1 Å². The van der Waals surface area contributed by atoms with Gasteiger partial charge in [0.1, 0.15) is 11.2 Å². The first-order valence-electron chi connectivity index (χ1n) is 6.16. The molecule has 0 fully saturated rings. The summed E-state index contributed by atoms with van der Waals surface area (Å²) in [6.45, 7) is 0. The average Bonchev–Trinajstić information content (AvgIpc) is 2.91. The van der Waals surface area contributed by atoms with Crippen LogP contribution in [0.15, 0.2) is 48.8 Å². The lowest BCUT2D eigenvalue weighted by Gasteiger charge is -2.06. The van der Waals surface area contributed by atoms with Crippen molar-refractivity contribution in [2.75, 3.05) is 0 Å². The van der Waals surface area contributed by atoms with Crippen LogP contribution >= 0.6 is 0 Å². The van der Waals surface area contributed by atoms with Gasteiger partial charge in [-0.1, -0.05) is 30.3 Å². The smallest absolute Gasteiger partial charge is 0.244 e. The molecule has 0 saturated heterocycles. The molecular weight excluding hydrogens is 290 g/mol. The first-order valence-corrected chi connectivity index (χ1v) is 7.77. The second-order valence-corrected chi connectivity index (χ2v) is 6.32. The molecule has 0 aliphatic rings. The normalized spacial score (nSPS) is 11.6. The molecule has 0 N–H and O–H groups in total. The Morgan fingerprint density at radius 3 is 2.62 bits per heavy atom. The largest absolute Gasteiger partial charge is 0.296 e. The maximum Gasteiger partial charge on any atom is 0.244 e. The van der Waals surface area contributed by atoms with Gasteiger partial charge in [0.25, 0.3) is 0 Å². The van der Waals surface area contributed by atoms with Crippen molar-refractivity contribution >= 4 is 27.5 Å². The Hall–Kier alpha value is -2.54. The van der Waals surface area contributed by atoms with Gasteiger partial charge in [-0.05, 0) is 11.6 Å². The van der Waals surface area contributed by atoms with Crippen LogP contribution in [0.2, 0.25) is 0 Å². The first-order chi connectivity index (χ1) is 10.1. The molecule has 0 aliphatic heterocycles. The van der Waals surface area contributed by atoms with Gasteiger partial charge in [-0.2, -0.15) is 0 Å². The van der Waals surface area contributed by atoms with Crippen molar-refractivity contribution in [3.05, 3.63) is 60.0 Å². The lowest BCUT2D eigenvalue weighted by Crippen LogP contribution is -2.14. The van der Waals surface area contributed by atoms with E-state index in [1.165, 1.54) is 18.5 Å². The van der Waals surface area contributed by atoms with Crippen molar-refractivity contribution in [1.82, 2.24) is 13.9 Å². The summed E-state index contributed by atoms with van der Waals surface area (Å²) in [5.74, 6) is -0.130. The molecule has 0 bridgehead atoms. The molecule has 0 unspecified atom stereocenters. The Bertz CT molecular complexity index is 902. The van der Waals surface area contributed by atoms with Crippen LogP contribution in [-0.2, 0) is 15.8 Å². The van der Waals surface area contributed by atoms with Gasteiger partial charge >= 0.3 is 0 Å². The highest BCUT2D eigenvalue weighted by Crippen LogP contribution is 2.16. The zero-order chi connectivity index (χ0) is 14.9. The Balaban J connectivity index is 2.05. The Morgan fingerprint density at radius 2 is 1.90 bits per heavy atom. The number of carbonyl (C=O) groups excluding carboxylic acids is 1. The molecule has 2 aromatic heterocycles. The zero-order valence-corrected chi connectivity index (χ0v) is 11.7. The molecule has 106 valence electrons. The van der Waals surface area contributed by atoms with Gasteiger partial charge in [0.15, 0.2) is 11.9 Å². The predicted molar refractivity (Wildman–Crippen MR) is 77.4 cm³/mol.